The summed E-state index contributed by atoms with van der Waals surface area (Å²) in [6.07, 6.45) is 4.15. The first kappa shape index (κ1) is 14.9. The van der Waals surface area contributed by atoms with Crippen LogP contribution in [0.15, 0.2) is 18.2 Å². The van der Waals surface area contributed by atoms with E-state index in [-0.39, 0.29) is 17.4 Å². The summed E-state index contributed by atoms with van der Waals surface area (Å²) in [6.45, 7) is 4.12. The predicted octanol–water partition coefficient (Wildman–Crippen LogP) is 2.97. The highest BCUT2D eigenvalue weighted by Gasteiger charge is 2.30. The van der Waals surface area contributed by atoms with Crippen LogP contribution < -0.4 is 10.2 Å². The molecule has 1 aliphatic carbocycles. The normalized spacial score (nSPS) is 21.5. The van der Waals surface area contributed by atoms with Gasteiger partial charge in [0.25, 0.3) is 0 Å². The Labute approximate surface area is 130 Å². The average molecular weight is 302 g/mol. The maximum Gasteiger partial charge on any atom is 0.337 e. The highest BCUT2D eigenvalue weighted by atomic mass is 16.4. The van der Waals surface area contributed by atoms with Crippen molar-refractivity contribution in [1.29, 1.82) is 0 Å². The zero-order valence-electron chi connectivity index (χ0n) is 12.8. The van der Waals surface area contributed by atoms with Crippen molar-refractivity contribution in [3.63, 3.8) is 0 Å². The number of rotatable bonds is 4. The molecule has 3 rings (SSSR count). The molecule has 2 fully saturated rings. The van der Waals surface area contributed by atoms with E-state index in [0.717, 1.165) is 38.0 Å². The summed E-state index contributed by atoms with van der Waals surface area (Å²) >= 11 is 0. The number of carboxylic acid groups (broad SMARTS) is 1. The minimum Gasteiger partial charge on any atom is -0.478 e. The van der Waals surface area contributed by atoms with E-state index in [4.69, 9.17) is 0 Å². The van der Waals surface area contributed by atoms with Gasteiger partial charge in [-0.2, -0.15) is 0 Å². The van der Waals surface area contributed by atoms with Gasteiger partial charge in [0.15, 0.2) is 0 Å². The lowest BCUT2D eigenvalue weighted by molar-refractivity contribution is -0.117. The lowest BCUT2D eigenvalue weighted by Crippen LogP contribution is -2.34. The molecule has 0 unspecified atom stereocenters. The van der Waals surface area contributed by atoms with Crippen molar-refractivity contribution in [3.05, 3.63) is 23.8 Å². The summed E-state index contributed by atoms with van der Waals surface area (Å²) in [5.41, 5.74) is 1.50. The first-order valence-corrected chi connectivity index (χ1v) is 7.97. The van der Waals surface area contributed by atoms with Gasteiger partial charge in [0.05, 0.1) is 11.3 Å². The molecule has 1 aromatic rings. The summed E-state index contributed by atoms with van der Waals surface area (Å²) in [7, 11) is 0. The molecule has 1 amide bonds. The van der Waals surface area contributed by atoms with Crippen LogP contribution in [0.2, 0.25) is 0 Å². The average Bonchev–Trinajstić information content (AvgIpc) is 3.32. The Bertz CT molecular complexity index is 596. The molecule has 1 saturated heterocycles. The molecule has 22 heavy (non-hydrogen) atoms. The third-order valence-electron chi connectivity index (χ3n) is 4.46. The van der Waals surface area contributed by atoms with E-state index in [2.05, 4.69) is 17.1 Å². The number of amides is 1. The first-order valence-electron chi connectivity index (χ1n) is 7.97. The van der Waals surface area contributed by atoms with Crippen LogP contribution in [-0.2, 0) is 4.79 Å². The van der Waals surface area contributed by atoms with Gasteiger partial charge in [-0.3, -0.25) is 4.79 Å². The smallest absolute Gasteiger partial charge is 0.337 e. The van der Waals surface area contributed by atoms with Gasteiger partial charge in [-0.25, -0.2) is 4.79 Å². The lowest BCUT2D eigenvalue weighted by Gasteiger charge is -2.33. The molecule has 0 aromatic heterocycles. The monoisotopic (exact) mass is 302 g/mol. The zero-order valence-corrected chi connectivity index (χ0v) is 12.8. The minimum atomic E-state index is -1.00. The molecule has 0 bridgehead atoms. The van der Waals surface area contributed by atoms with Crippen molar-refractivity contribution in [3.8, 4) is 0 Å². The number of carbonyl (C=O) groups excluding carboxylic acids is 1. The van der Waals surface area contributed by atoms with Gasteiger partial charge < -0.3 is 15.3 Å². The maximum atomic E-state index is 11.9. The predicted molar refractivity (Wildman–Crippen MR) is 85.4 cm³/mol. The van der Waals surface area contributed by atoms with E-state index in [1.165, 1.54) is 6.42 Å². The third-order valence-corrected chi connectivity index (χ3v) is 4.46. The Morgan fingerprint density at radius 3 is 2.68 bits per heavy atom. The van der Waals surface area contributed by atoms with Gasteiger partial charge in [-0.15, -0.1) is 0 Å². The molecular weight excluding hydrogens is 280 g/mol. The van der Waals surface area contributed by atoms with E-state index in [0.29, 0.717) is 11.6 Å². The van der Waals surface area contributed by atoms with Gasteiger partial charge >= 0.3 is 5.97 Å². The summed E-state index contributed by atoms with van der Waals surface area (Å²) < 4.78 is 0. The Morgan fingerprint density at radius 1 is 1.27 bits per heavy atom. The second kappa shape index (κ2) is 5.99. The van der Waals surface area contributed by atoms with Crippen molar-refractivity contribution >= 4 is 23.3 Å². The number of aromatic carboxylic acids is 1. The van der Waals surface area contributed by atoms with E-state index in [9.17, 15) is 14.7 Å². The minimum absolute atomic E-state index is 0.0595. The van der Waals surface area contributed by atoms with E-state index in [1.807, 2.05) is 6.07 Å². The number of hydrogen-bond donors (Lipinski definition) is 2. The van der Waals surface area contributed by atoms with Gasteiger partial charge in [0.1, 0.15) is 0 Å². The molecule has 0 spiro atoms. The molecular formula is C17H22N2O3. The van der Waals surface area contributed by atoms with Crippen LogP contribution in [0.5, 0.6) is 0 Å². The van der Waals surface area contributed by atoms with Crippen molar-refractivity contribution in [2.24, 2.45) is 11.8 Å². The molecule has 1 saturated carbocycles. The standard InChI is InChI=1S/C17H22N2O3/c1-11-3-2-8-19(10-11)13-6-7-15(14(9-13)17(21)22)18-16(20)12-4-5-12/h6-7,9,11-12H,2-5,8,10H2,1H3,(H,18,20)(H,21,22)/t11-/m0/s1. The maximum absolute atomic E-state index is 11.9. The number of benzene rings is 1. The number of carbonyl (C=O) groups is 2. The molecule has 1 heterocycles. The highest BCUT2D eigenvalue weighted by Crippen LogP contribution is 2.32. The quantitative estimate of drug-likeness (QED) is 0.897. The lowest BCUT2D eigenvalue weighted by atomic mass is 9.99. The summed E-state index contributed by atoms with van der Waals surface area (Å²) in [5.74, 6) is -0.389. The molecule has 1 aromatic carbocycles. The number of piperidine rings is 1. The van der Waals surface area contributed by atoms with Crippen molar-refractivity contribution in [2.45, 2.75) is 32.6 Å². The molecule has 5 heteroatoms. The molecule has 1 atom stereocenters. The molecule has 5 nitrogen and oxygen atoms in total. The van der Waals surface area contributed by atoms with Crippen molar-refractivity contribution in [2.75, 3.05) is 23.3 Å². The topological polar surface area (TPSA) is 69.6 Å². The highest BCUT2D eigenvalue weighted by molar-refractivity contribution is 6.02. The van der Waals surface area contributed by atoms with Gasteiger partial charge in [0, 0.05) is 24.7 Å². The van der Waals surface area contributed by atoms with Crippen LogP contribution in [0, 0.1) is 11.8 Å². The Hall–Kier alpha value is -2.04. The van der Waals surface area contributed by atoms with Crippen LogP contribution >= 0.6 is 0 Å². The van der Waals surface area contributed by atoms with Crippen LogP contribution in [0.3, 0.4) is 0 Å². The van der Waals surface area contributed by atoms with Gasteiger partial charge in [0.2, 0.25) is 5.91 Å². The number of nitrogens with zero attached hydrogens (tertiary/aromatic N) is 1. The summed E-state index contributed by atoms with van der Waals surface area (Å²) in [6, 6.07) is 5.31. The van der Waals surface area contributed by atoms with Crippen LogP contribution in [0.4, 0.5) is 11.4 Å². The molecule has 1 aliphatic heterocycles. The summed E-state index contributed by atoms with van der Waals surface area (Å²) in [4.78, 5) is 25.6. The first-order chi connectivity index (χ1) is 10.5. The largest absolute Gasteiger partial charge is 0.478 e. The van der Waals surface area contributed by atoms with Crippen LogP contribution in [0.25, 0.3) is 0 Å². The van der Waals surface area contributed by atoms with Gasteiger partial charge in [-0.1, -0.05) is 6.92 Å². The van der Waals surface area contributed by atoms with E-state index in [1.54, 1.807) is 12.1 Å². The van der Waals surface area contributed by atoms with E-state index >= 15 is 0 Å². The Kier molecular flexibility index (Phi) is 4.05. The van der Waals surface area contributed by atoms with Crippen molar-refractivity contribution < 1.29 is 14.7 Å². The fraction of sp³-hybridized carbons (Fsp3) is 0.529. The third kappa shape index (κ3) is 3.24. The summed E-state index contributed by atoms with van der Waals surface area (Å²) in [5, 5.41) is 12.2. The fourth-order valence-electron chi connectivity index (χ4n) is 3.02. The van der Waals surface area contributed by atoms with Crippen LogP contribution in [-0.4, -0.2) is 30.1 Å². The number of carboxylic acids is 1. The van der Waals surface area contributed by atoms with Crippen molar-refractivity contribution in [1.82, 2.24) is 0 Å². The second-order valence-electron chi connectivity index (χ2n) is 6.49. The molecule has 2 N–H and O–H groups in total. The molecule has 2 aliphatic rings. The number of nitrogens with one attached hydrogen (secondary N) is 1. The molecule has 118 valence electrons. The zero-order chi connectivity index (χ0) is 15.7. The van der Waals surface area contributed by atoms with E-state index < -0.39 is 5.97 Å². The fourth-order valence-corrected chi connectivity index (χ4v) is 3.02. The SMILES string of the molecule is C[C@H]1CCCN(c2ccc(NC(=O)C3CC3)c(C(=O)O)c2)C1. The van der Waals surface area contributed by atoms with Gasteiger partial charge in [-0.05, 0) is 49.8 Å². The Balaban J connectivity index is 1.82. The second-order valence-corrected chi connectivity index (χ2v) is 6.49. The number of hydrogen-bond acceptors (Lipinski definition) is 3. The number of anilines is 2. The Morgan fingerprint density at radius 2 is 2.05 bits per heavy atom. The molecule has 0 radical (unpaired) electrons. The van der Waals surface area contributed by atoms with Crippen LogP contribution in [0.1, 0.15) is 43.0 Å².